The van der Waals surface area contributed by atoms with Crippen LogP contribution < -0.4 is 11.4 Å². The molecule has 0 radical (unpaired) electrons. The number of nitrogens with two attached hydrogens (primary N) is 1. The summed E-state index contributed by atoms with van der Waals surface area (Å²) in [6, 6.07) is 1.51. The molecule has 1 heterocycles. The summed E-state index contributed by atoms with van der Waals surface area (Å²) in [6.07, 6.45) is 2.14. The van der Waals surface area contributed by atoms with Crippen molar-refractivity contribution in [2.75, 3.05) is 18.9 Å². The SMILES string of the molecule is Nc1ccn(CCCC(O)(CO)CO)c(=O)n1. The third-order valence-electron chi connectivity index (χ3n) is 2.53. The molecule has 5 N–H and O–H groups in total. The number of aryl methyl sites for hydroxylation is 1. The van der Waals surface area contributed by atoms with Crippen LogP contribution in [0.5, 0.6) is 0 Å². The molecule has 0 aliphatic rings. The van der Waals surface area contributed by atoms with Crippen molar-refractivity contribution in [1.29, 1.82) is 0 Å². The van der Waals surface area contributed by atoms with E-state index in [1.165, 1.54) is 16.8 Å². The van der Waals surface area contributed by atoms with Gasteiger partial charge in [-0.25, -0.2) is 4.79 Å². The molecule has 0 saturated carbocycles. The number of nitrogens with zero attached hydrogens (tertiary/aromatic N) is 2. The highest BCUT2D eigenvalue weighted by Gasteiger charge is 2.24. The number of aliphatic hydroxyl groups is 3. The van der Waals surface area contributed by atoms with Crippen molar-refractivity contribution in [3.05, 3.63) is 22.7 Å². The van der Waals surface area contributed by atoms with Crippen molar-refractivity contribution in [2.24, 2.45) is 0 Å². The van der Waals surface area contributed by atoms with Gasteiger partial charge in [-0.1, -0.05) is 0 Å². The van der Waals surface area contributed by atoms with E-state index >= 15 is 0 Å². The molecular formula is C10H17N3O4. The Labute approximate surface area is 98.2 Å². The van der Waals surface area contributed by atoms with E-state index in [1.807, 2.05) is 0 Å². The third kappa shape index (κ3) is 3.81. The minimum atomic E-state index is -1.50. The highest BCUT2D eigenvalue weighted by atomic mass is 16.4. The van der Waals surface area contributed by atoms with Crippen LogP contribution in [-0.2, 0) is 6.54 Å². The summed E-state index contributed by atoms with van der Waals surface area (Å²) in [4.78, 5) is 14.9. The van der Waals surface area contributed by atoms with E-state index in [2.05, 4.69) is 4.98 Å². The van der Waals surface area contributed by atoms with Crippen molar-refractivity contribution in [3.63, 3.8) is 0 Å². The van der Waals surface area contributed by atoms with E-state index in [1.54, 1.807) is 0 Å². The lowest BCUT2D eigenvalue weighted by Gasteiger charge is -2.22. The van der Waals surface area contributed by atoms with Gasteiger partial charge in [-0.3, -0.25) is 4.57 Å². The predicted molar refractivity (Wildman–Crippen MR) is 61.3 cm³/mol. The Balaban J connectivity index is 2.54. The van der Waals surface area contributed by atoms with Crippen LogP contribution in [0.15, 0.2) is 17.1 Å². The predicted octanol–water partition coefficient (Wildman–Crippen LogP) is -1.68. The van der Waals surface area contributed by atoms with Gasteiger partial charge in [0, 0.05) is 12.7 Å². The molecule has 96 valence electrons. The number of nitrogen functional groups attached to an aromatic ring is 1. The molecule has 1 rings (SSSR count). The summed E-state index contributed by atoms with van der Waals surface area (Å²) in [5, 5.41) is 27.3. The molecule has 0 amide bonds. The normalized spacial score (nSPS) is 11.7. The van der Waals surface area contributed by atoms with Crippen molar-refractivity contribution in [3.8, 4) is 0 Å². The molecule has 1 aromatic heterocycles. The van der Waals surface area contributed by atoms with Crippen LogP contribution in [-0.4, -0.2) is 43.7 Å². The molecule has 0 aliphatic heterocycles. The molecule has 0 aliphatic carbocycles. The first-order valence-electron chi connectivity index (χ1n) is 5.28. The number of hydrogen-bond acceptors (Lipinski definition) is 6. The Morgan fingerprint density at radius 1 is 1.41 bits per heavy atom. The zero-order valence-corrected chi connectivity index (χ0v) is 9.41. The van der Waals surface area contributed by atoms with Crippen molar-refractivity contribution < 1.29 is 15.3 Å². The summed E-state index contributed by atoms with van der Waals surface area (Å²) in [6.45, 7) is -0.689. The standard InChI is InChI=1S/C10H17N3O4/c11-8-2-5-13(9(16)12-8)4-1-3-10(17,6-14)7-15/h2,5,14-15,17H,1,3-4,6-7H2,(H2,11,12,16). The number of anilines is 1. The van der Waals surface area contributed by atoms with Gasteiger partial charge < -0.3 is 21.1 Å². The van der Waals surface area contributed by atoms with Gasteiger partial charge in [-0.2, -0.15) is 4.98 Å². The molecule has 0 fully saturated rings. The van der Waals surface area contributed by atoms with Gasteiger partial charge in [0.2, 0.25) is 0 Å². The van der Waals surface area contributed by atoms with Crippen LogP contribution in [0.4, 0.5) is 5.82 Å². The van der Waals surface area contributed by atoms with Crippen LogP contribution in [0.25, 0.3) is 0 Å². The topological polar surface area (TPSA) is 122 Å². The molecule has 0 atom stereocenters. The van der Waals surface area contributed by atoms with Crippen molar-refractivity contribution in [1.82, 2.24) is 9.55 Å². The monoisotopic (exact) mass is 243 g/mol. The van der Waals surface area contributed by atoms with Crippen molar-refractivity contribution in [2.45, 2.75) is 25.0 Å². The van der Waals surface area contributed by atoms with E-state index in [0.29, 0.717) is 13.0 Å². The first-order valence-corrected chi connectivity index (χ1v) is 5.28. The zero-order valence-electron chi connectivity index (χ0n) is 9.41. The first-order chi connectivity index (χ1) is 8.00. The van der Waals surface area contributed by atoms with Crippen LogP contribution in [0.1, 0.15) is 12.8 Å². The minimum Gasteiger partial charge on any atom is -0.393 e. The molecule has 0 spiro atoms. The maximum absolute atomic E-state index is 11.3. The average Bonchev–Trinajstić information content (AvgIpc) is 2.32. The van der Waals surface area contributed by atoms with Gasteiger partial charge in [0.15, 0.2) is 0 Å². The molecule has 0 saturated heterocycles. The number of aromatic nitrogens is 2. The maximum Gasteiger partial charge on any atom is 0.349 e. The van der Waals surface area contributed by atoms with Gasteiger partial charge in [-0.05, 0) is 18.9 Å². The van der Waals surface area contributed by atoms with Crippen LogP contribution >= 0.6 is 0 Å². The number of hydrogen-bond donors (Lipinski definition) is 4. The Bertz CT molecular complexity index is 414. The number of rotatable bonds is 6. The first kappa shape index (κ1) is 13.6. The highest BCUT2D eigenvalue weighted by Crippen LogP contribution is 2.11. The van der Waals surface area contributed by atoms with Gasteiger partial charge in [0.05, 0.1) is 13.2 Å². The van der Waals surface area contributed by atoms with Crippen molar-refractivity contribution >= 4 is 5.82 Å². The fourth-order valence-electron chi connectivity index (χ4n) is 1.40. The quantitative estimate of drug-likeness (QED) is 0.473. The average molecular weight is 243 g/mol. The van der Waals surface area contributed by atoms with Crippen LogP contribution in [0.3, 0.4) is 0 Å². The summed E-state index contributed by atoms with van der Waals surface area (Å²) >= 11 is 0. The van der Waals surface area contributed by atoms with Gasteiger partial charge >= 0.3 is 5.69 Å². The van der Waals surface area contributed by atoms with Gasteiger partial charge in [0.25, 0.3) is 0 Å². The molecule has 7 heteroatoms. The highest BCUT2D eigenvalue weighted by molar-refractivity contribution is 5.23. The lowest BCUT2D eigenvalue weighted by Crippen LogP contribution is -2.37. The van der Waals surface area contributed by atoms with Crippen LogP contribution in [0, 0.1) is 0 Å². The lowest BCUT2D eigenvalue weighted by atomic mass is 10.00. The second-order valence-electron chi connectivity index (χ2n) is 3.97. The summed E-state index contributed by atoms with van der Waals surface area (Å²) in [5.41, 5.74) is 3.39. The second-order valence-corrected chi connectivity index (χ2v) is 3.97. The largest absolute Gasteiger partial charge is 0.393 e. The van der Waals surface area contributed by atoms with E-state index in [9.17, 15) is 9.90 Å². The third-order valence-corrected chi connectivity index (χ3v) is 2.53. The molecule has 1 aromatic rings. The molecule has 0 bridgehead atoms. The Morgan fingerprint density at radius 2 is 2.06 bits per heavy atom. The fourth-order valence-corrected chi connectivity index (χ4v) is 1.40. The smallest absolute Gasteiger partial charge is 0.349 e. The van der Waals surface area contributed by atoms with Gasteiger partial charge in [0.1, 0.15) is 11.4 Å². The Morgan fingerprint density at radius 3 is 2.59 bits per heavy atom. The van der Waals surface area contributed by atoms with E-state index in [4.69, 9.17) is 15.9 Å². The van der Waals surface area contributed by atoms with E-state index < -0.39 is 24.5 Å². The summed E-state index contributed by atoms with van der Waals surface area (Å²) in [5.74, 6) is 0.161. The van der Waals surface area contributed by atoms with Crippen LogP contribution in [0.2, 0.25) is 0 Å². The molecule has 17 heavy (non-hydrogen) atoms. The molecule has 0 aromatic carbocycles. The van der Waals surface area contributed by atoms with E-state index in [-0.39, 0.29) is 12.2 Å². The maximum atomic E-state index is 11.3. The van der Waals surface area contributed by atoms with E-state index in [0.717, 1.165) is 0 Å². The minimum absolute atomic E-state index is 0.161. The number of aliphatic hydroxyl groups excluding tert-OH is 2. The summed E-state index contributed by atoms with van der Waals surface area (Å²) in [7, 11) is 0. The zero-order chi connectivity index (χ0) is 12.9. The molecule has 7 nitrogen and oxygen atoms in total. The molecular weight excluding hydrogens is 226 g/mol. The lowest BCUT2D eigenvalue weighted by molar-refractivity contribution is -0.0618. The van der Waals surface area contributed by atoms with Gasteiger partial charge in [-0.15, -0.1) is 0 Å². The Kier molecular flexibility index (Phi) is 4.62. The fraction of sp³-hybridized carbons (Fsp3) is 0.600. The second kappa shape index (κ2) is 5.76. The Hall–Kier alpha value is -1.44. The molecule has 0 unspecified atom stereocenters. The summed E-state index contributed by atoms with van der Waals surface area (Å²) < 4.78 is 1.35.